The first-order chi connectivity index (χ1) is 11.0. The topological polar surface area (TPSA) is 77.8 Å². The molecule has 0 unspecified atom stereocenters. The number of esters is 1. The number of ether oxygens (including phenoxy) is 1. The number of carbonyl (C=O) groups is 2. The summed E-state index contributed by atoms with van der Waals surface area (Å²) in [5, 5.41) is 10.1. The molecule has 0 bridgehead atoms. The van der Waals surface area contributed by atoms with Gasteiger partial charge in [0, 0.05) is 11.5 Å². The smallest absolute Gasteiger partial charge is 0.416 e. The minimum Gasteiger partial charge on any atom is -0.543 e. The van der Waals surface area contributed by atoms with E-state index >= 15 is 0 Å². The van der Waals surface area contributed by atoms with E-state index in [1.54, 1.807) is 18.2 Å². The molecule has 1 heterocycles. The number of rotatable bonds is 3. The quantitative estimate of drug-likeness (QED) is 0.659. The van der Waals surface area contributed by atoms with Gasteiger partial charge in [0.25, 0.3) is 0 Å². The number of benzene rings is 1. The van der Waals surface area contributed by atoms with Crippen LogP contribution >= 0.6 is 0 Å². The number of carbonyl (C=O) groups excluding carboxylic acids is 1. The molecule has 0 radical (unpaired) electrons. The third kappa shape index (κ3) is 3.16. The van der Waals surface area contributed by atoms with E-state index < -0.39 is 20.4 Å². The van der Waals surface area contributed by atoms with E-state index in [4.69, 9.17) is 4.43 Å². The van der Waals surface area contributed by atoms with Gasteiger partial charge in [0.1, 0.15) is 11.4 Å². The lowest BCUT2D eigenvalue weighted by Crippen LogP contribution is -2.43. The van der Waals surface area contributed by atoms with E-state index in [0.29, 0.717) is 16.7 Å². The lowest BCUT2D eigenvalue weighted by molar-refractivity contribution is 0.0588. The Labute approximate surface area is 142 Å². The fourth-order valence-electron chi connectivity index (χ4n) is 2.15. The molecule has 6 nitrogen and oxygen atoms in total. The molecule has 0 aliphatic carbocycles. The summed E-state index contributed by atoms with van der Waals surface area (Å²) in [6.45, 7) is 10.6. The van der Waals surface area contributed by atoms with Crippen LogP contribution < -0.4 is 4.43 Å². The SMILES string of the molecule is COC(=O)c1cc2ccc(O[Si](C)(C)C(C)(C)C)cc2n1C(=O)O. The van der Waals surface area contributed by atoms with E-state index in [-0.39, 0.29) is 10.7 Å². The number of methoxy groups -OCH3 is 1. The summed E-state index contributed by atoms with van der Waals surface area (Å²) in [6.07, 6.45) is -1.24. The van der Waals surface area contributed by atoms with Gasteiger partial charge in [-0.3, -0.25) is 0 Å². The maximum atomic E-state index is 11.8. The predicted octanol–water partition coefficient (Wildman–Crippen LogP) is 4.34. The van der Waals surface area contributed by atoms with Gasteiger partial charge >= 0.3 is 12.1 Å². The van der Waals surface area contributed by atoms with Gasteiger partial charge in [-0.25, -0.2) is 14.2 Å². The van der Waals surface area contributed by atoms with Crippen LogP contribution in [0.5, 0.6) is 5.75 Å². The van der Waals surface area contributed by atoms with E-state index in [2.05, 4.69) is 38.6 Å². The molecule has 0 aliphatic heterocycles. The standard InChI is InChI=1S/C17H23NO5Si/c1-17(2,3)24(5,6)23-12-8-7-11-9-14(15(19)22-4)18(16(20)21)13(11)10-12/h7-10H,1-6H3,(H,20,21). The molecule has 0 saturated carbocycles. The Bertz CT molecular complexity index is 801. The molecular weight excluding hydrogens is 326 g/mol. The summed E-state index contributed by atoms with van der Waals surface area (Å²) in [5.74, 6) is -0.0911. The molecule has 0 fully saturated rings. The fourth-order valence-corrected chi connectivity index (χ4v) is 3.18. The van der Waals surface area contributed by atoms with Gasteiger partial charge in [-0.05, 0) is 36.3 Å². The number of aromatic nitrogens is 1. The molecule has 130 valence electrons. The summed E-state index contributed by atoms with van der Waals surface area (Å²) in [7, 11) is -0.827. The number of fused-ring (bicyclic) bond motifs is 1. The first-order valence-electron chi connectivity index (χ1n) is 7.64. The van der Waals surface area contributed by atoms with Crippen molar-refractivity contribution < 1.29 is 23.9 Å². The molecule has 2 rings (SSSR count). The number of carboxylic acid groups (broad SMARTS) is 1. The predicted molar refractivity (Wildman–Crippen MR) is 94.5 cm³/mol. The highest BCUT2D eigenvalue weighted by atomic mass is 28.4. The van der Waals surface area contributed by atoms with Crippen LogP contribution in [0.1, 0.15) is 31.3 Å². The zero-order valence-electron chi connectivity index (χ0n) is 14.8. The van der Waals surface area contributed by atoms with E-state index in [1.807, 2.05) is 0 Å². The average molecular weight is 349 g/mol. The zero-order chi connectivity index (χ0) is 18.3. The molecule has 1 N–H and O–H groups in total. The first kappa shape index (κ1) is 18.1. The number of hydrogen-bond donors (Lipinski definition) is 1. The summed E-state index contributed by atoms with van der Waals surface area (Å²) in [4.78, 5) is 23.4. The van der Waals surface area contributed by atoms with Crippen molar-refractivity contribution in [2.75, 3.05) is 7.11 Å². The van der Waals surface area contributed by atoms with E-state index in [1.165, 1.54) is 13.2 Å². The normalized spacial score (nSPS) is 12.2. The van der Waals surface area contributed by atoms with Crippen molar-refractivity contribution in [3.8, 4) is 5.75 Å². The monoisotopic (exact) mass is 349 g/mol. The van der Waals surface area contributed by atoms with Gasteiger partial charge in [0.2, 0.25) is 8.32 Å². The Morgan fingerprint density at radius 3 is 2.29 bits per heavy atom. The highest BCUT2D eigenvalue weighted by Gasteiger charge is 2.39. The average Bonchev–Trinajstić information content (AvgIpc) is 2.83. The minimum atomic E-state index is -2.05. The summed E-state index contributed by atoms with van der Waals surface area (Å²) < 4.78 is 11.8. The summed E-state index contributed by atoms with van der Waals surface area (Å²) in [6, 6.07) is 6.72. The van der Waals surface area contributed by atoms with Crippen LogP contribution in [0.4, 0.5) is 4.79 Å². The number of hydrogen-bond acceptors (Lipinski definition) is 4. The third-order valence-electron chi connectivity index (χ3n) is 4.54. The highest BCUT2D eigenvalue weighted by Crippen LogP contribution is 2.38. The Morgan fingerprint density at radius 1 is 1.17 bits per heavy atom. The lowest BCUT2D eigenvalue weighted by Gasteiger charge is -2.36. The van der Waals surface area contributed by atoms with Gasteiger partial charge in [-0.2, -0.15) is 0 Å². The molecule has 0 aliphatic rings. The Kier molecular flexibility index (Phi) is 4.50. The maximum Gasteiger partial charge on any atom is 0.416 e. The van der Waals surface area contributed by atoms with Crippen molar-refractivity contribution in [3.63, 3.8) is 0 Å². The molecule has 24 heavy (non-hydrogen) atoms. The van der Waals surface area contributed by atoms with Crippen molar-refractivity contribution in [2.45, 2.75) is 38.9 Å². The van der Waals surface area contributed by atoms with Crippen molar-refractivity contribution >= 4 is 31.3 Å². The lowest BCUT2D eigenvalue weighted by atomic mass is 10.2. The minimum absolute atomic E-state index is 0.0218. The maximum absolute atomic E-state index is 11.8. The Morgan fingerprint density at radius 2 is 1.79 bits per heavy atom. The molecule has 0 atom stereocenters. The van der Waals surface area contributed by atoms with Crippen LogP contribution in [-0.4, -0.2) is 37.2 Å². The Hall–Kier alpha value is -2.28. The molecule has 0 saturated heterocycles. The van der Waals surface area contributed by atoms with Crippen LogP contribution in [0.3, 0.4) is 0 Å². The molecule has 2 aromatic rings. The van der Waals surface area contributed by atoms with Gasteiger partial charge in [0.15, 0.2) is 0 Å². The molecule has 7 heteroatoms. The van der Waals surface area contributed by atoms with Crippen molar-refractivity contribution in [1.82, 2.24) is 4.57 Å². The Balaban J connectivity index is 2.56. The summed E-state index contributed by atoms with van der Waals surface area (Å²) >= 11 is 0. The molecular formula is C17H23NO5Si. The van der Waals surface area contributed by atoms with Crippen LogP contribution in [0.15, 0.2) is 24.3 Å². The molecule has 0 amide bonds. The third-order valence-corrected chi connectivity index (χ3v) is 8.90. The first-order valence-corrected chi connectivity index (χ1v) is 10.5. The molecule has 0 spiro atoms. The second-order valence-electron chi connectivity index (χ2n) is 7.22. The van der Waals surface area contributed by atoms with Crippen LogP contribution in [0.25, 0.3) is 10.9 Å². The second kappa shape index (κ2) is 5.97. The zero-order valence-corrected chi connectivity index (χ0v) is 15.8. The van der Waals surface area contributed by atoms with Crippen LogP contribution in [0, 0.1) is 0 Å². The van der Waals surface area contributed by atoms with Crippen LogP contribution in [0.2, 0.25) is 18.1 Å². The van der Waals surface area contributed by atoms with Crippen LogP contribution in [-0.2, 0) is 4.74 Å². The van der Waals surface area contributed by atoms with Crippen molar-refractivity contribution in [1.29, 1.82) is 0 Å². The van der Waals surface area contributed by atoms with E-state index in [0.717, 1.165) is 4.57 Å². The molecule has 1 aromatic heterocycles. The van der Waals surface area contributed by atoms with Gasteiger partial charge in [-0.15, -0.1) is 0 Å². The van der Waals surface area contributed by atoms with Gasteiger partial charge in [-0.1, -0.05) is 20.8 Å². The van der Waals surface area contributed by atoms with Crippen molar-refractivity contribution in [2.24, 2.45) is 0 Å². The largest absolute Gasteiger partial charge is 0.543 e. The summed E-state index contributed by atoms with van der Waals surface area (Å²) in [5.41, 5.74) is 0.378. The fraction of sp³-hybridized carbons (Fsp3) is 0.412. The molecule has 1 aromatic carbocycles. The second-order valence-corrected chi connectivity index (χ2v) is 11.9. The van der Waals surface area contributed by atoms with Gasteiger partial charge < -0.3 is 14.3 Å². The number of nitrogens with zero attached hydrogens (tertiary/aromatic N) is 1. The van der Waals surface area contributed by atoms with Crippen molar-refractivity contribution in [3.05, 3.63) is 30.0 Å². The van der Waals surface area contributed by atoms with E-state index in [9.17, 15) is 14.7 Å². The highest BCUT2D eigenvalue weighted by molar-refractivity contribution is 6.74. The van der Waals surface area contributed by atoms with Gasteiger partial charge in [0.05, 0.1) is 12.6 Å².